The van der Waals surface area contributed by atoms with Crippen LogP contribution in [0.2, 0.25) is 0 Å². The van der Waals surface area contributed by atoms with Gasteiger partial charge in [-0.05, 0) is 30.7 Å². The predicted octanol–water partition coefficient (Wildman–Crippen LogP) is 2.81. The summed E-state index contributed by atoms with van der Waals surface area (Å²) in [5.74, 6) is 0.120. The number of hydrogen-bond donors (Lipinski definition) is 1. The van der Waals surface area contributed by atoms with Crippen LogP contribution in [-0.2, 0) is 6.61 Å². The van der Waals surface area contributed by atoms with Crippen molar-refractivity contribution in [2.24, 2.45) is 0 Å². The third-order valence-electron chi connectivity index (χ3n) is 2.34. The van der Waals surface area contributed by atoms with Gasteiger partial charge < -0.3 is 9.84 Å². The first-order chi connectivity index (χ1) is 8.20. The molecule has 0 amide bonds. The minimum absolute atomic E-state index is 0.144. The number of nitrogens with zero attached hydrogens (tertiary/aromatic N) is 1. The summed E-state index contributed by atoms with van der Waals surface area (Å²) in [5.41, 5.74) is 1.43. The van der Waals surface area contributed by atoms with Crippen molar-refractivity contribution in [3.63, 3.8) is 0 Å². The lowest BCUT2D eigenvalue weighted by Crippen LogP contribution is -1.94. The van der Waals surface area contributed by atoms with Gasteiger partial charge in [-0.3, -0.25) is 4.98 Å². The number of rotatable bonds is 3. The highest BCUT2D eigenvalue weighted by Gasteiger charge is 2.08. The lowest BCUT2D eigenvalue weighted by Gasteiger charge is -2.10. The Labute approximate surface area is 98.5 Å². The molecular weight excluding hydrogens is 221 g/mol. The van der Waals surface area contributed by atoms with Gasteiger partial charge in [-0.2, -0.15) is 0 Å². The minimum Gasteiger partial charge on any atom is -0.454 e. The lowest BCUT2D eigenvalue weighted by molar-refractivity contribution is 0.275. The van der Waals surface area contributed by atoms with Crippen LogP contribution in [0, 0.1) is 12.7 Å². The fraction of sp³-hybridized carbons (Fsp3) is 0.154. The molecule has 0 fully saturated rings. The van der Waals surface area contributed by atoms with E-state index >= 15 is 0 Å². The molecule has 3 nitrogen and oxygen atoms in total. The molecule has 2 aromatic rings. The number of benzene rings is 1. The van der Waals surface area contributed by atoms with E-state index in [-0.39, 0.29) is 12.4 Å². The maximum atomic E-state index is 13.5. The van der Waals surface area contributed by atoms with Gasteiger partial charge in [0.05, 0.1) is 6.61 Å². The number of pyridine rings is 1. The number of aromatic nitrogens is 1. The van der Waals surface area contributed by atoms with Crippen LogP contribution in [0.3, 0.4) is 0 Å². The summed E-state index contributed by atoms with van der Waals surface area (Å²) in [5, 5.41) is 9.11. The Morgan fingerprint density at radius 3 is 2.88 bits per heavy atom. The van der Waals surface area contributed by atoms with Gasteiger partial charge >= 0.3 is 0 Å². The molecular formula is C13H12FNO2. The van der Waals surface area contributed by atoms with Crippen molar-refractivity contribution >= 4 is 0 Å². The molecule has 1 aromatic carbocycles. The zero-order valence-electron chi connectivity index (χ0n) is 9.35. The molecule has 1 aromatic heterocycles. The monoisotopic (exact) mass is 233 g/mol. The average molecular weight is 233 g/mol. The van der Waals surface area contributed by atoms with E-state index < -0.39 is 5.82 Å². The largest absolute Gasteiger partial charge is 0.454 e. The van der Waals surface area contributed by atoms with Gasteiger partial charge in [0.15, 0.2) is 11.6 Å². The summed E-state index contributed by atoms with van der Waals surface area (Å²) in [6.45, 7) is 1.66. The van der Waals surface area contributed by atoms with Crippen LogP contribution in [0.15, 0.2) is 36.7 Å². The van der Waals surface area contributed by atoms with Crippen molar-refractivity contribution in [1.29, 1.82) is 0 Å². The number of hydrogen-bond acceptors (Lipinski definition) is 3. The molecule has 0 unspecified atom stereocenters. The zero-order chi connectivity index (χ0) is 12.3. The van der Waals surface area contributed by atoms with Gasteiger partial charge in [0.1, 0.15) is 5.75 Å². The summed E-state index contributed by atoms with van der Waals surface area (Å²) in [4.78, 5) is 3.86. The summed E-state index contributed by atoms with van der Waals surface area (Å²) in [6, 6.07) is 6.22. The molecule has 0 aliphatic carbocycles. The normalized spacial score (nSPS) is 10.3. The van der Waals surface area contributed by atoms with E-state index in [0.29, 0.717) is 11.3 Å². The Bertz CT molecular complexity index is 529. The predicted molar refractivity (Wildman–Crippen MR) is 61.4 cm³/mol. The van der Waals surface area contributed by atoms with E-state index in [1.807, 2.05) is 6.92 Å². The first-order valence-corrected chi connectivity index (χ1v) is 5.18. The van der Waals surface area contributed by atoms with Gasteiger partial charge in [0.25, 0.3) is 0 Å². The van der Waals surface area contributed by atoms with Crippen LogP contribution in [0.5, 0.6) is 11.5 Å². The molecule has 4 heteroatoms. The standard InChI is InChI=1S/C13H12FNO2/c1-9-2-3-11(14)13(6-9)17-12-4-5-15-7-10(12)8-16/h2-7,16H,8H2,1H3. The van der Waals surface area contributed by atoms with Crippen molar-refractivity contribution in [3.8, 4) is 11.5 Å². The molecule has 0 radical (unpaired) electrons. The van der Waals surface area contributed by atoms with Crippen LogP contribution in [-0.4, -0.2) is 10.1 Å². The maximum absolute atomic E-state index is 13.5. The van der Waals surface area contributed by atoms with Crippen LogP contribution in [0.1, 0.15) is 11.1 Å². The number of aliphatic hydroxyl groups is 1. The van der Waals surface area contributed by atoms with E-state index in [2.05, 4.69) is 4.98 Å². The minimum atomic E-state index is -0.434. The highest BCUT2D eigenvalue weighted by atomic mass is 19.1. The molecule has 0 spiro atoms. The Morgan fingerprint density at radius 2 is 2.12 bits per heavy atom. The molecule has 0 bridgehead atoms. The van der Waals surface area contributed by atoms with Crippen molar-refractivity contribution in [2.45, 2.75) is 13.5 Å². The molecule has 0 saturated carbocycles. The Balaban J connectivity index is 2.34. The van der Waals surface area contributed by atoms with Crippen molar-refractivity contribution in [2.75, 3.05) is 0 Å². The SMILES string of the molecule is Cc1ccc(F)c(Oc2ccncc2CO)c1. The first-order valence-electron chi connectivity index (χ1n) is 5.18. The molecule has 0 atom stereocenters. The molecule has 2 rings (SSSR count). The second kappa shape index (κ2) is 4.93. The highest BCUT2D eigenvalue weighted by Crippen LogP contribution is 2.27. The fourth-order valence-electron chi connectivity index (χ4n) is 1.44. The van der Waals surface area contributed by atoms with E-state index in [4.69, 9.17) is 9.84 Å². The quantitative estimate of drug-likeness (QED) is 0.886. The number of ether oxygens (including phenoxy) is 1. The zero-order valence-corrected chi connectivity index (χ0v) is 9.35. The van der Waals surface area contributed by atoms with Gasteiger partial charge in [-0.1, -0.05) is 6.07 Å². The molecule has 0 saturated heterocycles. The topological polar surface area (TPSA) is 42.4 Å². The average Bonchev–Trinajstić information content (AvgIpc) is 2.34. The van der Waals surface area contributed by atoms with Gasteiger partial charge in [0.2, 0.25) is 0 Å². The number of aryl methyl sites for hydroxylation is 1. The van der Waals surface area contributed by atoms with Gasteiger partial charge in [-0.15, -0.1) is 0 Å². The molecule has 88 valence electrons. The Kier molecular flexibility index (Phi) is 3.35. The van der Waals surface area contributed by atoms with Crippen LogP contribution in [0.25, 0.3) is 0 Å². The van der Waals surface area contributed by atoms with Crippen molar-refractivity contribution < 1.29 is 14.2 Å². The smallest absolute Gasteiger partial charge is 0.165 e. The summed E-state index contributed by atoms with van der Waals surface area (Å²) in [7, 11) is 0. The third kappa shape index (κ3) is 2.60. The van der Waals surface area contributed by atoms with Crippen molar-refractivity contribution in [3.05, 3.63) is 53.6 Å². The number of aliphatic hydroxyl groups excluding tert-OH is 1. The summed E-state index contributed by atoms with van der Waals surface area (Å²) >= 11 is 0. The van der Waals surface area contributed by atoms with Crippen LogP contribution in [0.4, 0.5) is 4.39 Å². The van der Waals surface area contributed by atoms with Gasteiger partial charge in [-0.25, -0.2) is 4.39 Å². The number of halogens is 1. The highest BCUT2D eigenvalue weighted by molar-refractivity contribution is 5.37. The third-order valence-corrected chi connectivity index (χ3v) is 2.34. The van der Waals surface area contributed by atoms with E-state index in [0.717, 1.165) is 5.56 Å². The molecule has 1 N–H and O–H groups in total. The van der Waals surface area contributed by atoms with Crippen LogP contribution < -0.4 is 4.74 Å². The Morgan fingerprint density at radius 1 is 1.29 bits per heavy atom. The van der Waals surface area contributed by atoms with Crippen LogP contribution >= 0.6 is 0 Å². The fourth-order valence-corrected chi connectivity index (χ4v) is 1.44. The van der Waals surface area contributed by atoms with E-state index in [1.165, 1.54) is 18.5 Å². The molecule has 1 heterocycles. The van der Waals surface area contributed by atoms with Gasteiger partial charge in [0, 0.05) is 18.0 Å². The second-order valence-corrected chi connectivity index (χ2v) is 3.68. The lowest BCUT2D eigenvalue weighted by atomic mass is 10.2. The van der Waals surface area contributed by atoms with E-state index in [9.17, 15) is 4.39 Å². The van der Waals surface area contributed by atoms with E-state index in [1.54, 1.807) is 18.2 Å². The van der Waals surface area contributed by atoms with Crippen molar-refractivity contribution in [1.82, 2.24) is 4.98 Å². The molecule has 17 heavy (non-hydrogen) atoms. The second-order valence-electron chi connectivity index (χ2n) is 3.68. The molecule has 0 aliphatic rings. The summed E-state index contributed by atoms with van der Waals surface area (Å²) < 4.78 is 18.9. The molecule has 0 aliphatic heterocycles. The summed E-state index contributed by atoms with van der Waals surface area (Å²) in [6.07, 6.45) is 3.02. The first kappa shape index (κ1) is 11.5. The maximum Gasteiger partial charge on any atom is 0.165 e. The Hall–Kier alpha value is -1.94.